The SMILES string of the molecule is O=C1CC(NC(=O)c2cc(C#CCCO)ccc2F)CN1. The standard InChI is InChI=1S/C15H15FN2O3/c16-13-5-4-10(3-1-2-6-19)7-12(13)15(21)18-11-8-14(20)17-9-11/h4-5,7,11,19H,2,6,8-9H2,(H,17,20)(H,18,21). The first kappa shape index (κ1) is 15.0. The number of halogens is 1. The Hall–Kier alpha value is -2.39. The van der Waals surface area contributed by atoms with Gasteiger partial charge in [0.1, 0.15) is 5.82 Å². The molecule has 0 bridgehead atoms. The van der Waals surface area contributed by atoms with E-state index in [9.17, 15) is 14.0 Å². The summed E-state index contributed by atoms with van der Waals surface area (Å²) in [5, 5.41) is 13.9. The number of aliphatic hydroxyl groups excluding tert-OH is 1. The first-order valence-electron chi connectivity index (χ1n) is 6.57. The van der Waals surface area contributed by atoms with E-state index in [0.29, 0.717) is 18.5 Å². The molecule has 0 aliphatic carbocycles. The quantitative estimate of drug-likeness (QED) is 0.695. The van der Waals surface area contributed by atoms with Gasteiger partial charge >= 0.3 is 0 Å². The molecular weight excluding hydrogens is 275 g/mol. The van der Waals surface area contributed by atoms with Gasteiger partial charge in [0.2, 0.25) is 5.91 Å². The summed E-state index contributed by atoms with van der Waals surface area (Å²) in [7, 11) is 0. The normalized spacial score (nSPS) is 16.9. The van der Waals surface area contributed by atoms with Crippen LogP contribution in [-0.2, 0) is 4.79 Å². The van der Waals surface area contributed by atoms with Crippen molar-refractivity contribution in [2.75, 3.05) is 13.2 Å². The minimum atomic E-state index is -0.641. The van der Waals surface area contributed by atoms with Crippen LogP contribution in [-0.4, -0.2) is 36.1 Å². The molecule has 1 unspecified atom stereocenters. The average molecular weight is 290 g/mol. The Kier molecular flexibility index (Phi) is 4.90. The van der Waals surface area contributed by atoms with Crippen LogP contribution in [0.1, 0.15) is 28.8 Å². The number of nitrogens with one attached hydrogen (secondary N) is 2. The van der Waals surface area contributed by atoms with Crippen molar-refractivity contribution >= 4 is 11.8 Å². The van der Waals surface area contributed by atoms with Crippen molar-refractivity contribution in [2.45, 2.75) is 18.9 Å². The van der Waals surface area contributed by atoms with Crippen molar-refractivity contribution in [1.29, 1.82) is 0 Å². The van der Waals surface area contributed by atoms with Crippen LogP contribution >= 0.6 is 0 Å². The highest BCUT2D eigenvalue weighted by atomic mass is 19.1. The summed E-state index contributed by atoms with van der Waals surface area (Å²) < 4.78 is 13.7. The topological polar surface area (TPSA) is 78.4 Å². The maximum Gasteiger partial charge on any atom is 0.254 e. The lowest BCUT2D eigenvalue weighted by molar-refractivity contribution is -0.119. The monoisotopic (exact) mass is 290 g/mol. The third kappa shape index (κ3) is 4.04. The van der Waals surface area contributed by atoms with Gasteiger partial charge < -0.3 is 15.7 Å². The second-order valence-electron chi connectivity index (χ2n) is 4.65. The summed E-state index contributed by atoms with van der Waals surface area (Å²) in [6.45, 7) is 0.298. The van der Waals surface area contributed by atoms with E-state index in [1.54, 1.807) is 0 Å². The summed E-state index contributed by atoms with van der Waals surface area (Å²) >= 11 is 0. The van der Waals surface area contributed by atoms with Crippen molar-refractivity contribution in [1.82, 2.24) is 10.6 Å². The molecule has 0 radical (unpaired) electrons. The van der Waals surface area contributed by atoms with Crippen molar-refractivity contribution < 1.29 is 19.1 Å². The number of benzene rings is 1. The average Bonchev–Trinajstić information content (AvgIpc) is 2.86. The van der Waals surface area contributed by atoms with Gasteiger partial charge in [0, 0.05) is 24.9 Å². The molecule has 6 heteroatoms. The Morgan fingerprint density at radius 3 is 3.00 bits per heavy atom. The number of hydrogen-bond acceptors (Lipinski definition) is 3. The van der Waals surface area contributed by atoms with Gasteiger partial charge in [-0.3, -0.25) is 9.59 Å². The van der Waals surface area contributed by atoms with Crippen LogP contribution in [0, 0.1) is 17.7 Å². The highest BCUT2D eigenvalue weighted by molar-refractivity contribution is 5.95. The maximum atomic E-state index is 13.7. The fourth-order valence-corrected chi connectivity index (χ4v) is 1.97. The zero-order chi connectivity index (χ0) is 15.2. The molecule has 1 aromatic rings. The third-order valence-electron chi connectivity index (χ3n) is 2.99. The van der Waals surface area contributed by atoms with Gasteiger partial charge in [0.25, 0.3) is 5.91 Å². The zero-order valence-corrected chi connectivity index (χ0v) is 11.3. The van der Waals surface area contributed by atoms with E-state index in [4.69, 9.17) is 5.11 Å². The minimum Gasteiger partial charge on any atom is -0.395 e. The fraction of sp³-hybridized carbons (Fsp3) is 0.333. The molecule has 2 rings (SSSR count). The smallest absolute Gasteiger partial charge is 0.254 e. The maximum absolute atomic E-state index is 13.7. The lowest BCUT2D eigenvalue weighted by Gasteiger charge is -2.11. The number of carbonyl (C=O) groups is 2. The Balaban J connectivity index is 2.11. The van der Waals surface area contributed by atoms with E-state index in [1.807, 2.05) is 0 Å². The Morgan fingerprint density at radius 1 is 1.52 bits per heavy atom. The minimum absolute atomic E-state index is 0.0513. The Labute approximate surface area is 121 Å². The van der Waals surface area contributed by atoms with E-state index in [-0.39, 0.29) is 30.5 Å². The molecule has 1 heterocycles. The number of aliphatic hydroxyl groups is 1. The van der Waals surface area contributed by atoms with E-state index < -0.39 is 11.7 Å². The molecule has 3 N–H and O–H groups in total. The van der Waals surface area contributed by atoms with Crippen molar-refractivity contribution in [2.24, 2.45) is 0 Å². The second kappa shape index (κ2) is 6.86. The zero-order valence-electron chi connectivity index (χ0n) is 11.3. The molecule has 21 heavy (non-hydrogen) atoms. The molecule has 0 spiro atoms. The van der Waals surface area contributed by atoms with E-state index in [0.717, 1.165) is 0 Å². The van der Waals surface area contributed by atoms with E-state index in [2.05, 4.69) is 22.5 Å². The van der Waals surface area contributed by atoms with Gasteiger partial charge in [-0.25, -0.2) is 4.39 Å². The second-order valence-corrected chi connectivity index (χ2v) is 4.65. The molecule has 0 saturated carbocycles. The number of amides is 2. The molecule has 1 aromatic carbocycles. The Bertz CT molecular complexity index is 619. The van der Waals surface area contributed by atoms with E-state index >= 15 is 0 Å². The van der Waals surface area contributed by atoms with Crippen LogP contribution in [0.15, 0.2) is 18.2 Å². The lowest BCUT2D eigenvalue weighted by Crippen LogP contribution is -2.36. The van der Waals surface area contributed by atoms with Crippen LogP contribution in [0.4, 0.5) is 4.39 Å². The molecule has 1 atom stereocenters. The lowest BCUT2D eigenvalue weighted by atomic mass is 10.1. The van der Waals surface area contributed by atoms with Crippen molar-refractivity contribution in [3.8, 4) is 11.8 Å². The number of carbonyl (C=O) groups excluding carboxylic acids is 2. The number of hydrogen-bond donors (Lipinski definition) is 3. The molecule has 110 valence electrons. The summed E-state index contributed by atoms with van der Waals surface area (Å²) in [5.74, 6) is 4.11. The Morgan fingerprint density at radius 2 is 2.33 bits per heavy atom. The molecule has 1 aliphatic heterocycles. The first-order valence-corrected chi connectivity index (χ1v) is 6.57. The molecule has 1 fully saturated rings. The summed E-state index contributed by atoms with van der Waals surface area (Å²) in [6.07, 6.45) is 0.512. The summed E-state index contributed by atoms with van der Waals surface area (Å²) in [5.41, 5.74) is 0.390. The van der Waals surface area contributed by atoms with Gasteiger partial charge in [0.15, 0.2) is 0 Å². The van der Waals surface area contributed by atoms with Gasteiger partial charge in [-0.05, 0) is 18.2 Å². The third-order valence-corrected chi connectivity index (χ3v) is 2.99. The van der Waals surface area contributed by atoms with Crippen LogP contribution in [0.25, 0.3) is 0 Å². The fourth-order valence-electron chi connectivity index (χ4n) is 1.97. The van der Waals surface area contributed by atoms with Crippen molar-refractivity contribution in [3.63, 3.8) is 0 Å². The highest BCUT2D eigenvalue weighted by Gasteiger charge is 2.24. The molecule has 1 saturated heterocycles. The van der Waals surface area contributed by atoms with Crippen LogP contribution in [0.5, 0.6) is 0 Å². The van der Waals surface area contributed by atoms with Gasteiger partial charge in [-0.2, -0.15) is 0 Å². The largest absolute Gasteiger partial charge is 0.395 e. The number of rotatable bonds is 3. The molecular formula is C15H15FN2O3. The predicted molar refractivity (Wildman–Crippen MR) is 73.9 cm³/mol. The van der Waals surface area contributed by atoms with Gasteiger partial charge in [-0.15, -0.1) is 0 Å². The summed E-state index contributed by atoms with van der Waals surface area (Å²) in [4.78, 5) is 23.1. The molecule has 5 nitrogen and oxygen atoms in total. The van der Waals surface area contributed by atoms with Gasteiger partial charge in [0.05, 0.1) is 18.2 Å². The van der Waals surface area contributed by atoms with E-state index in [1.165, 1.54) is 18.2 Å². The predicted octanol–water partition coefficient (Wildman–Crippen LogP) is 0.178. The highest BCUT2D eigenvalue weighted by Crippen LogP contribution is 2.11. The van der Waals surface area contributed by atoms with Crippen LogP contribution < -0.4 is 10.6 Å². The summed E-state index contributed by atoms with van der Waals surface area (Å²) in [6, 6.07) is 3.68. The van der Waals surface area contributed by atoms with Gasteiger partial charge in [-0.1, -0.05) is 11.8 Å². The molecule has 0 aromatic heterocycles. The van der Waals surface area contributed by atoms with Crippen LogP contribution in [0.2, 0.25) is 0 Å². The molecule has 2 amide bonds. The van der Waals surface area contributed by atoms with Crippen molar-refractivity contribution in [3.05, 3.63) is 35.1 Å². The first-order chi connectivity index (χ1) is 10.1. The van der Waals surface area contributed by atoms with Crippen LogP contribution in [0.3, 0.4) is 0 Å². The molecule has 1 aliphatic rings.